The molecule has 1 spiro atoms. The maximum absolute atomic E-state index is 12.4. The third kappa shape index (κ3) is 3.47. The lowest BCUT2D eigenvalue weighted by Crippen LogP contribution is -2.48. The Hall–Kier alpha value is -2.18. The highest BCUT2D eigenvalue weighted by molar-refractivity contribution is 5.14. The van der Waals surface area contributed by atoms with Gasteiger partial charge in [0.05, 0.1) is 18.3 Å². The molecule has 2 aromatic rings. The lowest BCUT2D eigenvalue weighted by molar-refractivity contribution is -0.164. The van der Waals surface area contributed by atoms with E-state index >= 15 is 0 Å². The van der Waals surface area contributed by atoms with Gasteiger partial charge in [0.15, 0.2) is 0 Å². The number of hydrogen-bond donors (Lipinski definition) is 1. The number of aryl methyl sites for hydroxylation is 1. The second-order valence-corrected chi connectivity index (χ2v) is 8.17. The summed E-state index contributed by atoms with van der Waals surface area (Å²) in [5, 5.41) is 0. The molecule has 6 nitrogen and oxygen atoms in total. The Bertz CT molecular complexity index is 936. The van der Waals surface area contributed by atoms with Crippen molar-refractivity contribution in [2.24, 2.45) is 5.92 Å². The third-order valence-corrected chi connectivity index (χ3v) is 6.36. The molecule has 1 aliphatic carbocycles. The van der Waals surface area contributed by atoms with Gasteiger partial charge in [0.2, 0.25) is 0 Å². The number of nitrogens with zero attached hydrogens (tertiary/aromatic N) is 1. The van der Waals surface area contributed by atoms with Crippen LogP contribution in [0.2, 0.25) is 0 Å². The highest BCUT2D eigenvalue weighted by Gasteiger charge is 2.54. The van der Waals surface area contributed by atoms with Crippen LogP contribution >= 0.6 is 0 Å². The standard InChI is InChI=1S/C22H28N2O4/c1-15-13-24(21(26)23-20(15)25)19-12-18(27-14-17-9-4-3-5-10-17)22(28-19)11-7-6-8-16(22)2/h3-5,9-10,13,16,18-19H,6-8,11-12,14H2,1-2H3,(H,23,25,26)/t16-,18-,19-,22?/m1/s1. The van der Waals surface area contributed by atoms with Gasteiger partial charge < -0.3 is 9.47 Å². The van der Waals surface area contributed by atoms with Crippen molar-refractivity contribution in [3.63, 3.8) is 0 Å². The highest BCUT2D eigenvalue weighted by atomic mass is 16.6. The number of aromatic amines is 1. The number of ether oxygens (including phenoxy) is 2. The van der Waals surface area contributed by atoms with Gasteiger partial charge in [-0.05, 0) is 31.2 Å². The highest BCUT2D eigenvalue weighted by Crippen LogP contribution is 2.49. The molecule has 2 fully saturated rings. The lowest BCUT2D eigenvalue weighted by atomic mass is 9.73. The van der Waals surface area contributed by atoms with Crippen LogP contribution < -0.4 is 11.2 Å². The van der Waals surface area contributed by atoms with Crippen LogP contribution in [0.15, 0.2) is 46.1 Å². The molecule has 150 valence electrons. The lowest BCUT2D eigenvalue weighted by Gasteiger charge is -2.42. The average Bonchev–Trinajstić information content (AvgIpc) is 3.05. The number of H-pyrrole nitrogens is 1. The minimum Gasteiger partial charge on any atom is -0.370 e. The van der Waals surface area contributed by atoms with E-state index in [1.165, 1.54) is 11.0 Å². The SMILES string of the molecule is Cc1cn([C@H]2C[C@@H](OCc3ccccc3)C3(CCCC[C@H]3C)O2)c(=O)[nH]c1=O. The van der Waals surface area contributed by atoms with Gasteiger partial charge in [0.25, 0.3) is 5.56 Å². The Balaban J connectivity index is 1.63. The van der Waals surface area contributed by atoms with Gasteiger partial charge in [-0.25, -0.2) is 4.79 Å². The van der Waals surface area contributed by atoms with Gasteiger partial charge in [-0.1, -0.05) is 50.1 Å². The van der Waals surface area contributed by atoms with E-state index in [0.29, 0.717) is 24.5 Å². The first-order valence-corrected chi connectivity index (χ1v) is 10.1. The fourth-order valence-corrected chi connectivity index (χ4v) is 4.71. The van der Waals surface area contributed by atoms with Crippen LogP contribution in [-0.4, -0.2) is 21.3 Å². The summed E-state index contributed by atoms with van der Waals surface area (Å²) < 4.78 is 14.5. The maximum Gasteiger partial charge on any atom is 0.330 e. The molecule has 1 aromatic carbocycles. The normalized spacial score (nSPS) is 30.0. The molecular weight excluding hydrogens is 356 g/mol. The van der Waals surface area contributed by atoms with E-state index in [1.807, 2.05) is 18.2 Å². The molecular formula is C22H28N2O4. The van der Waals surface area contributed by atoms with Gasteiger partial charge in [0, 0.05) is 18.2 Å². The van der Waals surface area contributed by atoms with Gasteiger partial charge in [-0.3, -0.25) is 14.3 Å². The predicted octanol–water partition coefficient (Wildman–Crippen LogP) is 3.30. The average molecular weight is 384 g/mol. The molecule has 6 heteroatoms. The summed E-state index contributed by atoms with van der Waals surface area (Å²) in [6.07, 6.45) is 6.01. The zero-order valence-electron chi connectivity index (χ0n) is 16.5. The van der Waals surface area contributed by atoms with Crippen molar-refractivity contribution in [3.05, 3.63) is 68.5 Å². The summed E-state index contributed by atoms with van der Waals surface area (Å²) >= 11 is 0. The Kier molecular flexibility index (Phi) is 5.25. The molecule has 1 aromatic heterocycles. The number of aromatic nitrogens is 2. The zero-order valence-corrected chi connectivity index (χ0v) is 16.5. The van der Waals surface area contributed by atoms with E-state index in [4.69, 9.17) is 9.47 Å². The monoisotopic (exact) mass is 384 g/mol. The van der Waals surface area contributed by atoms with E-state index in [2.05, 4.69) is 24.0 Å². The zero-order chi connectivity index (χ0) is 19.7. The summed E-state index contributed by atoms with van der Waals surface area (Å²) in [7, 11) is 0. The van der Waals surface area contributed by atoms with Crippen molar-refractivity contribution in [1.82, 2.24) is 9.55 Å². The molecule has 1 aliphatic heterocycles. The molecule has 0 radical (unpaired) electrons. The number of nitrogens with one attached hydrogen (secondary N) is 1. The van der Waals surface area contributed by atoms with Crippen molar-refractivity contribution in [2.75, 3.05) is 0 Å². The first-order valence-electron chi connectivity index (χ1n) is 10.1. The van der Waals surface area contributed by atoms with Crippen LogP contribution in [0.1, 0.15) is 56.4 Å². The summed E-state index contributed by atoms with van der Waals surface area (Å²) in [4.78, 5) is 26.5. The fourth-order valence-electron chi connectivity index (χ4n) is 4.71. The summed E-state index contributed by atoms with van der Waals surface area (Å²) in [6, 6.07) is 10.1. The van der Waals surface area contributed by atoms with Crippen molar-refractivity contribution in [2.45, 2.75) is 70.5 Å². The van der Waals surface area contributed by atoms with Gasteiger partial charge in [0.1, 0.15) is 6.23 Å². The molecule has 1 N–H and O–H groups in total. The molecule has 4 atom stereocenters. The van der Waals surface area contributed by atoms with Crippen LogP contribution in [0.3, 0.4) is 0 Å². The quantitative estimate of drug-likeness (QED) is 0.878. The van der Waals surface area contributed by atoms with E-state index in [-0.39, 0.29) is 17.3 Å². The minimum atomic E-state index is -0.428. The summed E-state index contributed by atoms with van der Waals surface area (Å²) in [5.74, 6) is 0.353. The van der Waals surface area contributed by atoms with Crippen LogP contribution in [0, 0.1) is 12.8 Å². The van der Waals surface area contributed by atoms with Crippen molar-refractivity contribution < 1.29 is 9.47 Å². The van der Waals surface area contributed by atoms with Crippen molar-refractivity contribution in [1.29, 1.82) is 0 Å². The van der Waals surface area contributed by atoms with E-state index in [1.54, 1.807) is 13.1 Å². The first-order chi connectivity index (χ1) is 13.5. The minimum absolute atomic E-state index is 0.0906. The Labute approximate surface area is 164 Å². The topological polar surface area (TPSA) is 73.3 Å². The van der Waals surface area contributed by atoms with E-state index < -0.39 is 11.9 Å². The molecule has 4 rings (SSSR count). The van der Waals surface area contributed by atoms with E-state index in [9.17, 15) is 9.59 Å². The number of benzene rings is 1. The molecule has 0 bridgehead atoms. The van der Waals surface area contributed by atoms with Gasteiger partial charge in [-0.2, -0.15) is 0 Å². The largest absolute Gasteiger partial charge is 0.370 e. The number of hydrogen-bond acceptors (Lipinski definition) is 4. The number of rotatable bonds is 4. The smallest absolute Gasteiger partial charge is 0.330 e. The molecule has 1 saturated heterocycles. The van der Waals surface area contributed by atoms with Gasteiger partial charge >= 0.3 is 5.69 Å². The van der Waals surface area contributed by atoms with Crippen LogP contribution in [-0.2, 0) is 16.1 Å². The van der Waals surface area contributed by atoms with Crippen LogP contribution in [0.25, 0.3) is 0 Å². The molecule has 28 heavy (non-hydrogen) atoms. The second-order valence-electron chi connectivity index (χ2n) is 8.17. The Morgan fingerprint density at radius 1 is 1.25 bits per heavy atom. The molecule has 2 heterocycles. The molecule has 1 unspecified atom stereocenters. The van der Waals surface area contributed by atoms with Crippen molar-refractivity contribution >= 4 is 0 Å². The Morgan fingerprint density at radius 3 is 2.79 bits per heavy atom. The van der Waals surface area contributed by atoms with Crippen molar-refractivity contribution in [3.8, 4) is 0 Å². The van der Waals surface area contributed by atoms with Crippen LogP contribution in [0.4, 0.5) is 0 Å². The summed E-state index contributed by atoms with van der Waals surface area (Å²) in [5.41, 5.74) is 0.463. The third-order valence-electron chi connectivity index (χ3n) is 6.36. The first kappa shape index (κ1) is 19.2. The second kappa shape index (κ2) is 7.68. The molecule has 2 aliphatic rings. The predicted molar refractivity (Wildman–Crippen MR) is 106 cm³/mol. The molecule has 1 saturated carbocycles. The maximum atomic E-state index is 12.4. The van der Waals surface area contributed by atoms with Gasteiger partial charge in [-0.15, -0.1) is 0 Å². The van der Waals surface area contributed by atoms with Crippen LogP contribution in [0.5, 0.6) is 0 Å². The fraction of sp³-hybridized carbons (Fsp3) is 0.545. The Morgan fingerprint density at radius 2 is 2.04 bits per heavy atom. The van der Waals surface area contributed by atoms with E-state index in [0.717, 1.165) is 24.8 Å². The summed E-state index contributed by atoms with van der Waals surface area (Å²) in [6.45, 7) is 4.45. The molecule has 0 amide bonds.